The third kappa shape index (κ3) is 11.8. The van der Waals surface area contributed by atoms with Crippen LogP contribution < -0.4 is 5.32 Å². The van der Waals surface area contributed by atoms with Gasteiger partial charge in [0.25, 0.3) is 0 Å². The monoisotopic (exact) mass is 350 g/mol. The van der Waals surface area contributed by atoms with Gasteiger partial charge in [0, 0.05) is 6.54 Å². The average molecular weight is 351 g/mol. The maximum absolute atomic E-state index is 11.4. The summed E-state index contributed by atoms with van der Waals surface area (Å²) in [4.78, 5) is 24.0. The normalized spacial score (nSPS) is 14.7. The van der Waals surface area contributed by atoms with Gasteiger partial charge < -0.3 is 4.90 Å². The molecule has 144 valence electrons. The number of rotatable bonds is 16. The van der Waals surface area contributed by atoms with Crippen LogP contribution in [0.4, 0.5) is 4.79 Å². The number of urea groups is 1. The van der Waals surface area contributed by atoms with Crippen molar-refractivity contribution in [3.8, 4) is 0 Å². The van der Waals surface area contributed by atoms with E-state index in [4.69, 9.17) is 0 Å². The molecule has 4 nitrogen and oxygen atoms in total. The lowest BCUT2D eigenvalue weighted by atomic mass is 10.1. The lowest BCUT2D eigenvalue weighted by molar-refractivity contribution is -0.118. The predicted molar refractivity (Wildman–Crippen MR) is 105 cm³/mol. The highest BCUT2D eigenvalue weighted by Gasteiger charge is 2.25. The molecule has 0 aromatic rings. The molecule has 4 heteroatoms. The van der Waals surface area contributed by atoms with Gasteiger partial charge in [-0.25, -0.2) is 4.79 Å². The minimum absolute atomic E-state index is 0.172. The zero-order chi connectivity index (χ0) is 18.2. The number of nitrogens with zero attached hydrogens (tertiary/aromatic N) is 1. The Bertz CT molecular complexity index is 393. The fourth-order valence-electron chi connectivity index (χ4n) is 3.21. The van der Waals surface area contributed by atoms with Gasteiger partial charge in [0.1, 0.15) is 6.54 Å². The quantitative estimate of drug-likeness (QED) is 0.224. The van der Waals surface area contributed by atoms with Gasteiger partial charge in [0.2, 0.25) is 5.91 Å². The van der Waals surface area contributed by atoms with E-state index in [0.717, 1.165) is 12.8 Å². The van der Waals surface area contributed by atoms with Crippen LogP contribution in [-0.4, -0.2) is 29.9 Å². The molecule has 1 aliphatic rings. The largest absolute Gasteiger partial charge is 0.324 e. The summed E-state index contributed by atoms with van der Waals surface area (Å²) < 4.78 is 0. The van der Waals surface area contributed by atoms with Gasteiger partial charge in [0.05, 0.1) is 0 Å². The van der Waals surface area contributed by atoms with Crippen molar-refractivity contribution in [2.24, 2.45) is 0 Å². The molecule has 1 saturated heterocycles. The summed E-state index contributed by atoms with van der Waals surface area (Å²) in [5, 5.41) is 2.31. The van der Waals surface area contributed by atoms with Crippen molar-refractivity contribution in [3.05, 3.63) is 12.2 Å². The molecule has 1 rings (SSSR count). The Morgan fingerprint density at radius 1 is 0.800 bits per heavy atom. The molecule has 1 fully saturated rings. The van der Waals surface area contributed by atoms with E-state index in [9.17, 15) is 9.59 Å². The average Bonchev–Trinajstić information content (AvgIpc) is 2.92. The molecule has 0 aromatic heterocycles. The Balaban J connectivity index is 1.78. The van der Waals surface area contributed by atoms with E-state index >= 15 is 0 Å². The number of imide groups is 1. The Hall–Kier alpha value is -1.32. The summed E-state index contributed by atoms with van der Waals surface area (Å²) in [7, 11) is 0. The van der Waals surface area contributed by atoms with Gasteiger partial charge in [-0.05, 0) is 32.1 Å². The first-order valence-corrected chi connectivity index (χ1v) is 10.5. The molecule has 3 amide bonds. The number of hydrogen-bond acceptors (Lipinski definition) is 2. The van der Waals surface area contributed by atoms with Crippen LogP contribution in [0.3, 0.4) is 0 Å². The molecule has 1 aliphatic heterocycles. The van der Waals surface area contributed by atoms with E-state index in [1.165, 1.54) is 77.0 Å². The number of allylic oxidation sites excluding steroid dienone is 2. The second kappa shape index (κ2) is 15.0. The van der Waals surface area contributed by atoms with Crippen molar-refractivity contribution in [1.82, 2.24) is 10.2 Å². The van der Waals surface area contributed by atoms with Crippen LogP contribution >= 0.6 is 0 Å². The van der Waals surface area contributed by atoms with E-state index in [1.54, 1.807) is 4.90 Å². The fraction of sp³-hybridized carbons (Fsp3) is 0.810. The number of unbranched alkanes of at least 4 members (excludes halogenated alkanes) is 12. The lowest BCUT2D eigenvalue weighted by Gasteiger charge is -2.12. The SMILES string of the molecule is CCCCCCCC/C=C/CCCCCCCCN1CC(=O)NC1=O. The van der Waals surface area contributed by atoms with Gasteiger partial charge in [-0.15, -0.1) is 0 Å². The van der Waals surface area contributed by atoms with Gasteiger partial charge >= 0.3 is 6.03 Å². The van der Waals surface area contributed by atoms with E-state index in [1.807, 2.05) is 0 Å². The highest BCUT2D eigenvalue weighted by molar-refractivity contribution is 6.01. The molecule has 0 aromatic carbocycles. The van der Waals surface area contributed by atoms with Crippen molar-refractivity contribution in [3.63, 3.8) is 0 Å². The molecule has 1 N–H and O–H groups in total. The van der Waals surface area contributed by atoms with E-state index in [2.05, 4.69) is 24.4 Å². The zero-order valence-corrected chi connectivity index (χ0v) is 16.2. The molecule has 0 unspecified atom stereocenters. The van der Waals surface area contributed by atoms with Gasteiger partial charge in [-0.2, -0.15) is 0 Å². The standard InChI is InChI=1S/C21H38N2O2/c1-2-3-4-5-6-7-8-9-10-11-12-13-14-15-16-17-18-23-19-20(24)22-21(23)25/h9-10H,2-8,11-19H2,1H3,(H,22,24,25)/b10-9+. The van der Waals surface area contributed by atoms with E-state index in [-0.39, 0.29) is 18.5 Å². The van der Waals surface area contributed by atoms with Gasteiger partial charge in [-0.3, -0.25) is 10.1 Å². The second-order valence-electron chi connectivity index (χ2n) is 7.21. The Kier molecular flexibility index (Phi) is 13.0. The summed E-state index contributed by atoms with van der Waals surface area (Å²) in [5.41, 5.74) is 0. The summed E-state index contributed by atoms with van der Waals surface area (Å²) in [5.74, 6) is -0.172. The van der Waals surface area contributed by atoms with Crippen molar-refractivity contribution >= 4 is 11.9 Å². The topological polar surface area (TPSA) is 49.4 Å². The first-order chi connectivity index (χ1) is 12.2. The number of nitrogens with one attached hydrogen (secondary N) is 1. The molecule has 0 bridgehead atoms. The molecule has 0 radical (unpaired) electrons. The fourth-order valence-corrected chi connectivity index (χ4v) is 3.21. The number of carbonyl (C=O) groups excluding carboxylic acids is 2. The van der Waals surface area contributed by atoms with Gasteiger partial charge in [-0.1, -0.05) is 76.9 Å². The van der Waals surface area contributed by atoms with E-state index in [0.29, 0.717) is 6.54 Å². The number of amides is 3. The third-order valence-electron chi connectivity index (χ3n) is 4.81. The van der Waals surface area contributed by atoms with Crippen molar-refractivity contribution in [2.45, 2.75) is 96.8 Å². The summed E-state index contributed by atoms with van der Waals surface area (Å²) in [6, 6.07) is -0.224. The number of carbonyl (C=O) groups is 2. The van der Waals surface area contributed by atoms with Crippen LogP contribution in [0.15, 0.2) is 12.2 Å². The van der Waals surface area contributed by atoms with Crippen LogP contribution in [0.5, 0.6) is 0 Å². The Morgan fingerprint density at radius 3 is 1.84 bits per heavy atom. The summed E-state index contributed by atoms with van der Waals surface area (Å²) in [6.45, 7) is 3.21. The molecule has 0 saturated carbocycles. The Morgan fingerprint density at radius 2 is 1.32 bits per heavy atom. The minimum atomic E-state index is -0.224. The molecular weight excluding hydrogens is 312 g/mol. The number of hydrogen-bond donors (Lipinski definition) is 1. The first-order valence-electron chi connectivity index (χ1n) is 10.5. The smallest absolute Gasteiger partial charge is 0.315 e. The Labute approximate surface area is 154 Å². The zero-order valence-electron chi connectivity index (χ0n) is 16.2. The van der Waals surface area contributed by atoms with Crippen LogP contribution in [-0.2, 0) is 4.79 Å². The molecule has 0 aliphatic carbocycles. The van der Waals surface area contributed by atoms with Crippen molar-refractivity contribution in [1.29, 1.82) is 0 Å². The summed E-state index contributed by atoms with van der Waals surface area (Å²) >= 11 is 0. The maximum atomic E-state index is 11.4. The predicted octanol–water partition coefficient (Wildman–Crippen LogP) is 5.58. The first kappa shape index (κ1) is 21.7. The lowest BCUT2D eigenvalue weighted by Crippen LogP contribution is -2.29. The highest BCUT2D eigenvalue weighted by Crippen LogP contribution is 2.10. The van der Waals surface area contributed by atoms with Crippen LogP contribution in [0, 0.1) is 0 Å². The molecular formula is C21H38N2O2. The maximum Gasteiger partial charge on any atom is 0.324 e. The minimum Gasteiger partial charge on any atom is -0.315 e. The summed E-state index contributed by atoms with van der Waals surface area (Å²) in [6.07, 6.45) is 22.7. The third-order valence-corrected chi connectivity index (χ3v) is 4.81. The van der Waals surface area contributed by atoms with Crippen LogP contribution in [0.2, 0.25) is 0 Å². The van der Waals surface area contributed by atoms with Crippen LogP contribution in [0.25, 0.3) is 0 Å². The molecule has 0 spiro atoms. The van der Waals surface area contributed by atoms with E-state index < -0.39 is 0 Å². The second-order valence-corrected chi connectivity index (χ2v) is 7.21. The van der Waals surface area contributed by atoms with Crippen molar-refractivity contribution < 1.29 is 9.59 Å². The van der Waals surface area contributed by atoms with Crippen molar-refractivity contribution in [2.75, 3.05) is 13.1 Å². The van der Waals surface area contributed by atoms with Gasteiger partial charge in [0.15, 0.2) is 0 Å². The molecule has 0 atom stereocenters. The molecule has 1 heterocycles. The molecule has 25 heavy (non-hydrogen) atoms. The van der Waals surface area contributed by atoms with Crippen LogP contribution in [0.1, 0.15) is 96.8 Å². The highest BCUT2D eigenvalue weighted by atomic mass is 16.2.